The van der Waals surface area contributed by atoms with E-state index in [1.54, 1.807) is 0 Å². The van der Waals surface area contributed by atoms with Gasteiger partial charge in [0.2, 0.25) is 11.8 Å². The summed E-state index contributed by atoms with van der Waals surface area (Å²) in [5.74, 6) is -0.871. The predicted molar refractivity (Wildman–Crippen MR) is 119 cm³/mol. The summed E-state index contributed by atoms with van der Waals surface area (Å²) in [5.41, 5.74) is 0. The van der Waals surface area contributed by atoms with Crippen LogP contribution in [0.25, 0.3) is 0 Å². The minimum absolute atomic E-state index is 0.0707. The molecule has 29 heavy (non-hydrogen) atoms. The van der Waals surface area contributed by atoms with E-state index < -0.39 is 17.2 Å². The molecule has 7 heteroatoms. The van der Waals surface area contributed by atoms with Gasteiger partial charge < -0.3 is 15.4 Å². The summed E-state index contributed by atoms with van der Waals surface area (Å²) in [6.07, 6.45) is 10.3. The third-order valence-electron chi connectivity index (χ3n) is 5.48. The van der Waals surface area contributed by atoms with Crippen molar-refractivity contribution in [3.05, 3.63) is 0 Å². The maximum Gasteiger partial charge on any atom is 0.306 e. The third kappa shape index (κ3) is 10.9. The Morgan fingerprint density at radius 2 is 1.69 bits per heavy atom. The lowest BCUT2D eigenvalue weighted by atomic mass is 9.91. The molecule has 1 aliphatic rings. The molecule has 1 saturated heterocycles. The van der Waals surface area contributed by atoms with Crippen molar-refractivity contribution < 1.29 is 19.1 Å². The van der Waals surface area contributed by atoms with Gasteiger partial charge in [0, 0.05) is 11.8 Å². The topological polar surface area (TPSA) is 84.5 Å². The van der Waals surface area contributed by atoms with Crippen LogP contribution in [0.1, 0.15) is 84.5 Å². The van der Waals surface area contributed by atoms with E-state index in [9.17, 15) is 14.4 Å². The number of hydrogen-bond donors (Lipinski definition) is 3. The van der Waals surface area contributed by atoms with Gasteiger partial charge in [-0.25, -0.2) is 0 Å². The minimum Gasteiger partial charge on any atom is -0.469 e. The average molecular weight is 429 g/mol. The Balaban J connectivity index is 2.79. The normalized spacial score (nSPS) is 21.7. The van der Waals surface area contributed by atoms with E-state index in [1.165, 1.54) is 32.8 Å². The fourth-order valence-electron chi connectivity index (χ4n) is 3.76. The number of esters is 1. The van der Waals surface area contributed by atoms with Crippen molar-refractivity contribution in [1.29, 1.82) is 0 Å². The molecule has 0 spiro atoms. The van der Waals surface area contributed by atoms with Crippen LogP contribution >= 0.6 is 12.6 Å². The number of carbonyl (C=O) groups excluding carboxylic acids is 3. The Kier molecular flexibility index (Phi) is 13.1. The number of methoxy groups -OCH3 is 1. The number of amides is 2. The zero-order valence-corrected chi connectivity index (χ0v) is 19.3. The van der Waals surface area contributed by atoms with Gasteiger partial charge in [0.1, 0.15) is 6.04 Å². The highest BCUT2D eigenvalue weighted by Crippen LogP contribution is 2.23. The monoisotopic (exact) mass is 428 g/mol. The van der Waals surface area contributed by atoms with Crippen LogP contribution in [0.2, 0.25) is 0 Å². The van der Waals surface area contributed by atoms with Gasteiger partial charge in [-0.05, 0) is 25.2 Å². The SMILES string of the molecule is COC(=O)CC(S)C(CC(C)C)C(=O)NC1CCCCCCCCCCNC1=O. The van der Waals surface area contributed by atoms with Gasteiger partial charge in [-0.2, -0.15) is 12.6 Å². The van der Waals surface area contributed by atoms with Crippen molar-refractivity contribution in [2.24, 2.45) is 11.8 Å². The summed E-state index contributed by atoms with van der Waals surface area (Å²) in [4.78, 5) is 37.4. The standard InChI is InChI=1S/C22H40N2O4S/c1-16(2)14-17(19(29)15-20(25)28-3)21(26)24-18-12-10-8-6-4-5-7-9-11-13-23-22(18)27/h16-19,29H,4-15H2,1-3H3,(H,23,27)(H,24,26). The van der Waals surface area contributed by atoms with E-state index in [0.29, 0.717) is 19.4 Å². The van der Waals surface area contributed by atoms with E-state index in [-0.39, 0.29) is 30.1 Å². The van der Waals surface area contributed by atoms with Crippen LogP contribution in [-0.4, -0.2) is 42.7 Å². The average Bonchev–Trinajstić information content (AvgIpc) is 2.69. The summed E-state index contributed by atoms with van der Waals surface area (Å²) < 4.78 is 4.73. The van der Waals surface area contributed by atoms with Crippen molar-refractivity contribution in [2.45, 2.75) is 95.8 Å². The molecule has 168 valence electrons. The van der Waals surface area contributed by atoms with Gasteiger partial charge >= 0.3 is 5.97 Å². The lowest BCUT2D eigenvalue weighted by Gasteiger charge is -2.26. The Hall–Kier alpha value is -1.24. The third-order valence-corrected chi connectivity index (χ3v) is 6.02. The highest BCUT2D eigenvalue weighted by Gasteiger charge is 2.31. The molecule has 2 N–H and O–H groups in total. The van der Waals surface area contributed by atoms with Crippen LogP contribution in [0, 0.1) is 11.8 Å². The second-order valence-corrected chi connectivity index (χ2v) is 9.22. The van der Waals surface area contributed by atoms with E-state index in [2.05, 4.69) is 23.3 Å². The molecule has 2 amide bonds. The van der Waals surface area contributed by atoms with Crippen LogP contribution < -0.4 is 10.6 Å². The Morgan fingerprint density at radius 1 is 1.10 bits per heavy atom. The second kappa shape index (κ2) is 14.7. The van der Waals surface area contributed by atoms with E-state index >= 15 is 0 Å². The van der Waals surface area contributed by atoms with Crippen molar-refractivity contribution >= 4 is 30.4 Å². The van der Waals surface area contributed by atoms with Gasteiger partial charge in [-0.1, -0.05) is 58.8 Å². The summed E-state index contributed by atoms with van der Waals surface area (Å²) in [7, 11) is 1.33. The first-order valence-corrected chi connectivity index (χ1v) is 11.7. The Labute approximate surface area is 181 Å². The van der Waals surface area contributed by atoms with Gasteiger partial charge in [0.25, 0.3) is 0 Å². The first-order valence-electron chi connectivity index (χ1n) is 11.2. The van der Waals surface area contributed by atoms with Crippen LogP contribution in [0.5, 0.6) is 0 Å². The molecule has 3 unspecified atom stereocenters. The molecule has 1 aliphatic heterocycles. The molecular weight excluding hydrogens is 388 g/mol. The molecule has 1 rings (SSSR count). The van der Waals surface area contributed by atoms with Crippen molar-refractivity contribution in [3.8, 4) is 0 Å². The van der Waals surface area contributed by atoms with Gasteiger partial charge in [0.05, 0.1) is 19.4 Å². The van der Waals surface area contributed by atoms with E-state index in [0.717, 1.165) is 25.7 Å². The molecule has 1 fully saturated rings. The van der Waals surface area contributed by atoms with Gasteiger partial charge in [-0.15, -0.1) is 0 Å². The van der Waals surface area contributed by atoms with Crippen molar-refractivity contribution in [2.75, 3.05) is 13.7 Å². The molecular formula is C22H40N2O4S. The summed E-state index contributed by atoms with van der Waals surface area (Å²) >= 11 is 4.52. The predicted octanol–water partition coefficient (Wildman–Crippen LogP) is 3.64. The first-order chi connectivity index (χ1) is 13.8. The number of thiol groups is 1. The van der Waals surface area contributed by atoms with Crippen LogP contribution in [0.4, 0.5) is 0 Å². The molecule has 0 saturated carbocycles. The minimum atomic E-state index is -0.531. The summed E-state index contributed by atoms with van der Waals surface area (Å²) in [6, 6.07) is -0.531. The first kappa shape index (κ1) is 25.8. The highest BCUT2D eigenvalue weighted by molar-refractivity contribution is 7.81. The molecule has 1 heterocycles. The smallest absolute Gasteiger partial charge is 0.306 e. The maximum atomic E-state index is 13.0. The summed E-state index contributed by atoms with van der Waals surface area (Å²) in [5, 5.41) is 5.50. The summed E-state index contributed by atoms with van der Waals surface area (Å²) in [6.45, 7) is 4.72. The zero-order chi connectivity index (χ0) is 21.6. The Bertz CT molecular complexity index is 513. The zero-order valence-electron chi connectivity index (χ0n) is 18.4. The molecule has 0 radical (unpaired) electrons. The molecule has 0 aromatic heterocycles. The van der Waals surface area contributed by atoms with Gasteiger partial charge in [-0.3, -0.25) is 14.4 Å². The highest BCUT2D eigenvalue weighted by atomic mass is 32.1. The fraction of sp³-hybridized carbons (Fsp3) is 0.864. The number of nitrogens with one attached hydrogen (secondary N) is 2. The van der Waals surface area contributed by atoms with E-state index in [1.807, 2.05) is 13.8 Å². The molecule has 6 nitrogen and oxygen atoms in total. The molecule has 0 bridgehead atoms. The molecule has 3 atom stereocenters. The molecule has 0 aromatic carbocycles. The number of ether oxygens (including phenoxy) is 1. The lowest BCUT2D eigenvalue weighted by Crippen LogP contribution is -2.50. The largest absolute Gasteiger partial charge is 0.469 e. The van der Waals surface area contributed by atoms with Crippen LogP contribution in [0.3, 0.4) is 0 Å². The van der Waals surface area contributed by atoms with E-state index in [4.69, 9.17) is 4.74 Å². The van der Waals surface area contributed by atoms with Crippen LogP contribution in [-0.2, 0) is 19.1 Å². The fourth-order valence-corrected chi connectivity index (χ4v) is 4.17. The Morgan fingerprint density at radius 3 is 2.28 bits per heavy atom. The lowest BCUT2D eigenvalue weighted by molar-refractivity contribution is -0.141. The van der Waals surface area contributed by atoms with Crippen molar-refractivity contribution in [3.63, 3.8) is 0 Å². The second-order valence-electron chi connectivity index (χ2n) is 8.55. The number of hydrogen-bond acceptors (Lipinski definition) is 5. The maximum absolute atomic E-state index is 13.0. The van der Waals surface area contributed by atoms with Gasteiger partial charge in [0.15, 0.2) is 0 Å². The molecule has 0 aliphatic carbocycles. The quantitative estimate of drug-likeness (QED) is 0.427. The number of carbonyl (C=O) groups is 3. The molecule has 0 aromatic rings. The number of rotatable bonds is 7. The van der Waals surface area contributed by atoms with Crippen LogP contribution in [0.15, 0.2) is 0 Å². The van der Waals surface area contributed by atoms with Crippen molar-refractivity contribution in [1.82, 2.24) is 10.6 Å².